The fourth-order valence-electron chi connectivity index (χ4n) is 2.56. The van der Waals surface area contributed by atoms with Gasteiger partial charge in [-0.05, 0) is 61.2 Å². The van der Waals surface area contributed by atoms with Gasteiger partial charge in [0.05, 0.1) is 18.5 Å². The van der Waals surface area contributed by atoms with Gasteiger partial charge in [-0.2, -0.15) is 0 Å². The van der Waals surface area contributed by atoms with Crippen LogP contribution in [0.15, 0.2) is 48.7 Å². The predicted molar refractivity (Wildman–Crippen MR) is 104 cm³/mol. The third kappa shape index (κ3) is 4.73. The molecule has 140 valence electrons. The number of rotatable bonds is 7. The zero-order valence-corrected chi connectivity index (χ0v) is 15.9. The summed E-state index contributed by atoms with van der Waals surface area (Å²) in [7, 11) is 0. The lowest BCUT2D eigenvalue weighted by atomic mass is 10.1. The Balaban J connectivity index is 1.60. The Labute approximate surface area is 159 Å². The lowest BCUT2D eigenvalue weighted by molar-refractivity contribution is 0.0946. The van der Waals surface area contributed by atoms with Crippen molar-refractivity contribution in [3.05, 3.63) is 71.0 Å². The number of nitrogens with zero attached hydrogens (tertiary/aromatic N) is 3. The quantitative estimate of drug-likeness (QED) is 0.695. The van der Waals surface area contributed by atoms with Gasteiger partial charge in [-0.25, -0.2) is 4.68 Å². The monoisotopic (exact) mass is 364 g/mol. The number of carbonyl (C=O) groups excluding carboxylic acids is 1. The Morgan fingerprint density at radius 3 is 2.59 bits per heavy atom. The van der Waals surface area contributed by atoms with Crippen LogP contribution in [0.3, 0.4) is 0 Å². The van der Waals surface area contributed by atoms with E-state index in [9.17, 15) is 4.79 Å². The molecule has 0 aliphatic carbocycles. The van der Waals surface area contributed by atoms with Crippen LogP contribution in [0, 0.1) is 13.8 Å². The molecule has 0 saturated heterocycles. The maximum Gasteiger partial charge on any atom is 0.273 e. The third-order valence-electron chi connectivity index (χ3n) is 4.33. The highest BCUT2D eigenvalue weighted by atomic mass is 16.5. The predicted octanol–water partition coefficient (Wildman–Crippen LogP) is 3.60. The van der Waals surface area contributed by atoms with Crippen molar-refractivity contribution in [2.24, 2.45) is 0 Å². The van der Waals surface area contributed by atoms with E-state index in [0.29, 0.717) is 13.2 Å². The van der Waals surface area contributed by atoms with E-state index in [-0.39, 0.29) is 11.6 Å². The summed E-state index contributed by atoms with van der Waals surface area (Å²) in [6, 6.07) is 13.7. The summed E-state index contributed by atoms with van der Waals surface area (Å²) in [4.78, 5) is 12.3. The highest BCUT2D eigenvalue weighted by molar-refractivity contribution is 5.91. The molecule has 1 heterocycles. The van der Waals surface area contributed by atoms with Crippen molar-refractivity contribution in [3.8, 4) is 11.4 Å². The smallest absolute Gasteiger partial charge is 0.273 e. The standard InChI is InChI=1S/C21H24N4O2/c1-4-11-27-19-9-6-17(7-10-19)13-22-21(26)20-14-25(24-23-20)18-8-5-15(2)16(3)12-18/h5-10,12,14H,4,11,13H2,1-3H3,(H,22,26). The second-order valence-electron chi connectivity index (χ2n) is 6.49. The summed E-state index contributed by atoms with van der Waals surface area (Å²) in [6.07, 6.45) is 2.61. The van der Waals surface area contributed by atoms with Gasteiger partial charge in [0.25, 0.3) is 5.91 Å². The molecule has 2 aromatic carbocycles. The first-order chi connectivity index (χ1) is 13.1. The lowest BCUT2D eigenvalue weighted by Gasteiger charge is -2.06. The van der Waals surface area contributed by atoms with E-state index >= 15 is 0 Å². The maximum atomic E-state index is 12.3. The van der Waals surface area contributed by atoms with Gasteiger partial charge in [-0.3, -0.25) is 4.79 Å². The largest absolute Gasteiger partial charge is 0.494 e. The molecule has 1 N–H and O–H groups in total. The van der Waals surface area contributed by atoms with Crippen molar-refractivity contribution in [2.45, 2.75) is 33.7 Å². The number of ether oxygens (including phenoxy) is 1. The van der Waals surface area contributed by atoms with E-state index in [0.717, 1.165) is 23.4 Å². The molecule has 3 aromatic rings. The van der Waals surface area contributed by atoms with Crippen molar-refractivity contribution in [1.29, 1.82) is 0 Å². The Bertz CT molecular complexity index is 916. The van der Waals surface area contributed by atoms with Crippen LogP contribution in [0.2, 0.25) is 0 Å². The summed E-state index contributed by atoms with van der Waals surface area (Å²) in [5.74, 6) is 0.583. The molecule has 1 amide bonds. The Hall–Kier alpha value is -3.15. The molecular formula is C21H24N4O2. The molecule has 0 bridgehead atoms. The van der Waals surface area contributed by atoms with Crippen molar-refractivity contribution >= 4 is 5.91 Å². The molecule has 3 rings (SSSR count). The van der Waals surface area contributed by atoms with Gasteiger partial charge in [0.1, 0.15) is 5.75 Å². The van der Waals surface area contributed by atoms with Crippen LogP contribution >= 0.6 is 0 Å². The Morgan fingerprint density at radius 1 is 1.11 bits per heavy atom. The van der Waals surface area contributed by atoms with Gasteiger partial charge in [0, 0.05) is 6.54 Å². The number of carbonyl (C=O) groups is 1. The molecule has 6 heteroatoms. The van der Waals surface area contributed by atoms with E-state index in [1.165, 1.54) is 11.1 Å². The van der Waals surface area contributed by atoms with Crippen LogP contribution in [-0.4, -0.2) is 27.5 Å². The molecule has 0 aliphatic heterocycles. The summed E-state index contributed by atoms with van der Waals surface area (Å²) in [5, 5.41) is 10.9. The van der Waals surface area contributed by atoms with E-state index < -0.39 is 0 Å². The van der Waals surface area contributed by atoms with Gasteiger partial charge >= 0.3 is 0 Å². The average molecular weight is 364 g/mol. The van der Waals surface area contributed by atoms with Crippen LogP contribution in [-0.2, 0) is 6.54 Å². The van der Waals surface area contributed by atoms with Crippen molar-refractivity contribution in [3.63, 3.8) is 0 Å². The van der Waals surface area contributed by atoms with Crippen molar-refractivity contribution in [2.75, 3.05) is 6.61 Å². The molecule has 0 atom stereocenters. The molecule has 0 radical (unpaired) electrons. The first-order valence-electron chi connectivity index (χ1n) is 9.06. The number of hydrogen-bond acceptors (Lipinski definition) is 4. The van der Waals surface area contributed by atoms with Gasteiger partial charge < -0.3 is 10.1 Å². The molecule has 0 unspecified atom stereocenters. The number of benzene rings is 2. The normalized spacial score (nSPS) is 10.6. The number of aromatic nitrogens is 3. The Kier molecular flexibility index (Phi) is 5.86. The fraction of sp³-hybridized carbons (Fsp3) is 0.286. The second-order valence-corrected chi connectivity index (χ2v) is 6.49. The first-order valence-corrected chi connectivity index (χ1v) is 9.06. The van der Waals surface area contributed by atoms with Crippen LogP contribution in [0.4, 0.5) is 0 Å². The molecule has 27 heavy (non-hydrogen) atoms. The van der Waals surface area contributed by atoms with Crippen molar-refractivity contribution in [1.82, 2.24) is 20.3 Å². The van der Waals surface area contributed by atoms with Gasteiger partial charge in [0.2, 0.25) is 0 Å². The fourth-order valence-corrected chi connectivity index (χ4v) is 2.56. The number of nitrogens with one attached hydrogen (secondary N) is 1. The van der Waals surface area contributed by atoms with Crippen LogP contribution in [0.1, 0.15) is 40.5 Å². The lowest BCUT2D eigenvalue weighted by Crippen LogP contribution is -2.23. The molecule has 0 saturated carbocycles. The van der Waals surface area contributed by atoms with E-state index in [1.807, 2.05) is 49.4 Å². The Morgan fingerprint density at radius 2 is 1.89 bits per heavy atom. The van der Waals surface area contributed by atoms with Gasteiger partial charge in [-0.1, -0.05) is 30.3 Å². The molecule has 0 spiro atoms. The molecule has 0 fully saturated rings. The minimum absolute atomic E-state index is 0.253. The van der Waals surface area contributed by atoms with Crippen LogP contribution < -0.4 is 10.1 Å². The summed E-state index contributed by atoms with van der Waals surface area (Å²) in [6.45, 7) is 7.29. The van der Waals surface area contributed by atoms with Crippen molar-refractivity contribution < 1.29 is 9.53 Å². The first kappa shape index (κ1) is 18.6. The van der Waals surface area contributed by atoms with E-state index in [4.69, 9.17) is 4.74 Å². The van der Waals surface area contributed by atoms with E-state index in [1.54, 1.807) is 10.9 Å². The highest BCUT2D eigenvalue weighted by Crippen LogP contribution is 2.14. The minimum Gasteiger partial charge on any atom is -0.494 e. The summed E-state index contributed by atoms with van der Waals surface area (Å²) >= 11 is 0. The number of hydrogen-bond donors (Lipinski definition) is 1. The zero-order chi connectivity index (χ0) is 19.2. The van der Waals surface area contributed by atoms with Gasteiger partial charge in [0.15, 0.2) is 5.69 Å². The number of amides is 1. The van der Waals surface area contributed by atoms with Crippen LogP contribution in [0.25, 0.3) is 5.69 Å². The minimum atomic E-state index is -0.253. The molecule has 6 nitrogen and oxygen atoms in total. The zero-order valence-electron chi connectivity index (χ0n) is 15.9. The SMILES string of the molecule is CCCOc1ccc(CNC(=O)c2cn(-c3ccc(C)c(C)c3)nn2)cc1. The number of aryl methyl sites for hydroxylation is 2. The summed E-state index contributed by atoms with van der Waals surface area (Å²) < 4.78 is 7.17. The average Bonchev–Trinajstić information content (AvgIpc) is 3.18. The highest BCUT2D eigenvalue weighted by Gasteiger charge is 2.11. The van der Waals surface area contributed by atoms with E-state index in [2.05, 4.69) is 29.5 Å². The van der Waals surface area contributed by atoms with Gasteiger partial charge in [-0.15, -0.1) is 5.10 Å². The maximum absolute atomic E-state index is 12.3. The molecule has 1 aromatic heterocycles. The molecule has 0 aliphatic rings. The summed E-state index contributed by atoms with van der Waals surface area (Å²) in [5.41, 5.74) is 4.54. The topological polar surface area (TPSA) is 69.0 Å². The molecular weight excluding hydrogens is 340 g/mol. The van der Waals surface area contributed by atoms with Crippen LogP contribution in [0.5, 0.6) is 5.75 Å². The second kappa shape index (κ2) is 8.49. The third-order valence-corrected chi connectivity index (χ3v) is 4.33.